The molecule has 5 heteroatoms. The van der Waals surface area contributed by atoms with Crippen LogP contribution in [0.15, 0.2) is 23.8 Å². The maximum Gasteiger partial charge on any atom is 0.333 e. The van der Waals surface area contributed by atoms with Gasteiger partial charge in [-0.05, 0) is 6.08 Å². The van der Waals surface area contributed by atoms with Crippen LogP contribution in [0.3, 0.4) is 0 Å². The molecule has 5 nitrogen and oxygen atoms in total. The minimum atomic E-state index is -1.39. The van der Waals surface area contributed by atoms with Crippen LogP contribution in [0.4, 0.5) is 0 Å². The summed E-state index contributed by atoms with van der Waals surface area (Å²) < 4.78 is 8.73. The maximum absolute atomic E-state index is 10.7. The van der Waals surface area contributed by atoms with Crippen LogP contribution >= 0.6 is 0 Å². The first-order valence-corrected chi connectivity index (χ1v) is 3.50. The Morgan fingerprint density at radius 1 is 1.69 bits per heavy atom. The third-order valence-electron chi connectivity index (χ3n) is 1.41. The molecule has 1 aliphatic rings. The number of rotatable bonds is 1. The molecule has 0 unspecified atom stereocenters. The highest BCUT2D eigenvalue weighted by Gasteiger charge is 2.18. The van der Waals surface area contributed by atoms with Crippen LogP contribution in [-0.2, 0) is 19.1 Å². The van der Waals surface area contributed by atoms with Gasteiger partial charge in [-0.15, -0.1) is 0 Å². The van der Waals surface area contributed by atoms with Gasteiger partial charge in [0.05, 0.1) is 7.11 Å². The minimum absolute atomic E-state index is 0.187. The molecule has 0 bridgehead atoms. The summed E-state index contributed by atoms with van der Waals surface area (Å²) in [7, 11) is 1.21. The van der Waals surface area contributed by atoms with Crippen LogP contribution in [0, 0.1) is 0 Å². The molecule has 1 rings (SSSR count). The standard InChI is InChI=1S/C8H8O5/c1-12-7(10)4-5-2-3-6(9)13-8(5)11/h2-4,8,11H,1H3/b5-4+/t8-/m0/s1. The fraction of sp³-hybridized carbons (Fsp3) is 0.250. The highest BCUT2D eigenvalue weighted by Crippen LogP contribution is 2.12. The molecule has 0 spiro atoms. The van der Waals surface area contributed by atoms with Crippen molar-refractivity contribution in [2.24, 2.45) is 0 Å². The third kappa shape index (κ3) is 2.41. The topological polar surface area (TPSA) is 72.8 Å². The van der Waals surface area contributed by atoms with E-state index in [0.717, 1.165) is 12.2 Å². The fourth-order valence-corrected chi connectivity index (χ4v) is 0.778. The van der Waals surface area contributed by atoms with Gasteiger partial charge >= 0.3 is 11.9 Å². The maximum atomic E-state index is 10.7. The van der Waals surface area contributed by atoms with E-state index in [1.807, 2.05) is 0 Å². The number of carbonyl (C=O) groups excluding carboxylic acids is 2. The molecular weight excluding hydrogens is 176 g/mol. The van der Waals surface area contributed by atoms with E-state index in [9.17, 15) is 9.59 Å². The third-order valence-corrected chi connectivity index (χ3v) is 1.41. The zero-order chi connectivity index (χ0) is 9.84. The average Bonchev–Trinajstić information content (AvgIpc) is 2.09. The van der Waals surface area contributed by atoms with Gasteiger partial charge in [-0.3, -0.25) is 0 Å². The lowest BCUT2D eigenvalue weighted by molar-refractivity contribution is -0.157. The van der Waals surface area contributed by atoms with Crippen molar-refractivity contribution in [1.29, 1.82) is 0 Å². The Balaban J connectivity index is 2.81. The van der Waals surface area contributed by atoms with Crippen molar-refractivity contribution in [1.82, 2.24) is 0 Å². The number of methoxy groups -OCH3 is 1. The van der Waals surface area contributed by atoms with E-state index in [-0.39, 0.29) is 5.57 Å². The van der Waals surface area contributed by atoms with E-state index in [2.05, 4.69) is 9.47 Å². The molecule has 0 aliphatic carbocycles. The SMILES string of the molecule is COC(=O)/C=C1\C=CC(=O)O[C@@H]1O. The predicted octanol–water partition coefficient (Wildman–Crippen LogP) is -0.483. The van der Waals surface area contributed by atoms with E-state index in [0.29, 0.717) is 0 Å². The summed E-state index contributed by atoms with van der Waals surface area (Å²) in [6.07, 6.45) is 2.07. The van der Waals surface area contributed by atoms with E-state index >= 15 is 0 Å². The molecule has 1 N–H and O–H groups in total. The average molecular weight is 184 g/mol. The number of esters is 2. The molecule has 0 aromatic rings. The Hall–Kier alpha value is -1.62. The molecule has 70 valence electrons. The summed E-state index contributed by atoms with van der Waals surface area (Å²) in [6.45, 7) is 0. The monoisotopic (exact) mass is 184 g/mol. The molecule has 0 saturated heterocycles. The van der Waals surface area contributed by atoms with Gasteiger partial charge in [0.1, 0.15) is 0 Å². The van der Waals surface area contributed by atoms with Crippen LogP contribution in [-0.4, -0.2) is 30.4 Å². The van der Waals surface area contributed by atoms with E-state index in [1.165, 1.54) is 13.2 Å². The Labute approximate surface area is 74.3 Å². The van der Waals surface area contributed by atoms with Crippen LogP contribution in [0.1, 0.15) is 0 Å². The number of ether oxygens (including phenoxy) is 2. The molecule has 0 saturated carbocycles. The summed E-state index contributed by atoms with van der Waals surface area (Å²) in [6, 6.07) is 0. The van der Waals surface area contributed by atoms with Gasteiger partial charge in [0.15, 0.2) is 0 Å². The van der Waals surface area contributed by atoms with E-state index in [1.54, 1.807) is 0 Å². The zero-order valence-corrected chi connectivity index (χ0v) is 6.89. The van der Waals surface area contributed by atoms with Gasteiger partial charge in [-0.1, -0.05) is 0 Å². The Kier molecular flexibility index (Phi) is 2.81. The van der Waals surface area contributed by atoms with Gasteiger partial charge in [-0.2, -0.15) is 0 Å². The number of hydrogen-bond acceptors (Lipinski definition) is 5. The first-order chi connectivity index (χ1) is 6.13. The van der Waals surface area contributed by atoms with Gasteiger partial charge < -0.3 is 14.6 Å². The van der Waals surface area contributed by atoms with Gasteiger partial charge in [0, 0.05) is 17.7 Å². The summed E-state index contributed by atoms with van der Waals surface area (Å²) in [4.78, 5) is 21.3. The molecule has 1 aliphatic heterocycles. The lowest BCUT2D eigenvalue weighted by Crippen LogP contribution is -2.22. The van der Waals surface area contributed by atoms with E-state index < -0.39 is 18.2 Å². The summed E-state index contributed by atoms with van der Waals surface area (Å²) in [5, 5.41) is 9.11. The first-order valence-electron chi connectivity index (χ1n) is 3.50. The van der Waals surface area contributed by atoms with Gasteiger partial charge in [0.2, 0.25) is 6.29 Å². The molecule has 1 atom stereocenters. The van der Waals surface area contributed by atoms with Gasteiger partial charge in [-0.25, -0.2) is 9.59 Å². The lowest BCUT2D eigenvalue weighted by atomic mass is 10.2. The normalized spacial score (nSPS) is 24.3. The van der Waals surface area contributed by atoms with Crippen LogP contribution in [0.25, 0.3) is 0 Å². The second kappa shape index (κ2) is 3.86. The molecule has 0 fully saturated rings. The number of aliphatic hydroxyl groups is 1. The lowest BCUT2D eigenvalue weighted by Gasteiger charge is -2.15. The number of cyclic esters (lactones) is 1. The summed E-state index contributed by atoms with van der Waals surface area (Å²) in [5.41, 5.74) is 0.187. The molecule has 0 aromatic carbocycles. The second-order valence-corrected chi connectivity index (χ2v) is 2.29. The van der Waals surface area contributed by atoms with Gasteiger partial charge in [0.25, 0.3) is 0 Å². The Morgan fingerprint density at radius 3 is 2.92 bits per heavy atom. The number of aliphatic hydroxyl groups excluding tert-OH is 1. The minimum Gasteiger partial charge on any atom is -0.466 e. The van der Waals surface area contributed by atoms with Crippen LogP contribution < -0.4 is 0 Å². The smallest absolute Gasteiger partial charge is 0.333 e. The summed E-state index contributed by atoms with van der Waals surface area (Å²) in [5.74, 6) is -1.26. The molecular formula is C8H8O5. The highest BCUT2D eigenvalue weighted by molar-refractivity contribution is 5.87. The van der Waals surface area contributed by atoms with Crippen molar-refractivity contribution in [2.75, 3.05) is 7.11 Å². The fourth-order valence-electron chi connectivity index (χ4n) is 0.778. The predicted molar refractivity (Wildman–Crippen MR) is 41.3 cm³/mol. The molecule has 1 heterocycles. The molecule has 0 radical (unpaired) electrons. The van der Waals surface area contributed by atoms with Crippen molar-refractivity contribution in [3.8, 4) is 0 Å². The second-order valence-electron chi connectivity index (χ2n) is 2.29. The van der Waals surface area contributed by atoms with Crippen molar-refractivity contribution < 1.29 is 24.2 Å². The van der Waals surface area contributed by atoms with Crippen LogP contribution in [0.2, 0.25) is 0 Å². The number of hydrogen-bond donors (Lipinski definition) is 1. The number of carbonyl (C=O) groups is 2. The Bertz CT molecular complexity index is 289. The van der Waals surface area contributed by atoms with Crippen molar-refractivity contribution in [3.05, 3.63) is 23.8 Å². The van der Waals surface area contributed by atoms with Crippen molar-refractivity contribution >= 4 is 11.9 Å². The molecule has 0 aromatic heterocycles. The largest absolute Gasteiger partial charge is 0.466 e. The first kappa shape index (κ1) is 9.47. The molecule has 0 amide bonds. The van der Waals surface area contributed by atoms with Crippen molar-refractivity contribution in [2.45, 2.75) is 6.29 Å². The zero-order valence-electron chi connectivity index (χ0n) is 6.89. The van der Waals surface area contributed by atoms with Crippen LogP contribution in [0.5, 0.6) is 0 Å². The Morgan fingerprint density at radius 2 is 2.38 bits per heavy atom. The highest BCUT2D eigenvalue weighted by atomic mass is 16.6. The van der Waals surface area contributed by atoms with E-state index in [4.69, 9.17) is 5.11 Å². The van der Waals surface area contributed by atoms with Crippen molar-refractivity contribution in [3.63, 3.8) is 0 Å². The quantitative estimate of drug-likeness (QED) is 0.440. The molecule has 13 heavy (non-hydrogen) atoms. The summed E-state index contributed by atoms with van der Waals surface area (Å²) >= 11 is 0.